The normalized spacial score (nSPS) is 14.6. The Balaban J connectivity index is 1.24. The Kier molecular flexibility index (Phi) is 10.1. The molecule has 0 radical (unpaired) electrons. The van der Waals surface area contributed by atoms with Gasteiger partial charge in [0, 0.05) is 34.1 Å². The van der Waals surface area contributed by atoms with E-state index in [1.165, 1.54) is 0 Å². The van der Waals surface area contributed by atoms with E-state index < -0.39 is 0 Å². The second-order valence-electron chi connectivity index (χ2n) is 13.7. The highest BCUT2D eigenvalue weighted by molar-refractivity contribution is 6.34. The molecule has 3 heterocycles. The molecule has 0 aliphatic carbocycles. The van der Waals surface area contributed by atoms with Crippen molar-refractivity contribution in [2.24, 2.45) is 30.0 Å². The van der Waals surface area contributed by atoms with E-state index in [2.05, 4.69) is 0 Å². The minimum absolute atomic E-state index is 0.197. The van der Waals surface area contributed by atoms with E-state index in [4.69, 9.17) is 34.7 Å². The number of carbonyl (C=O) groups excluding carboxylic acids is 1. The monoisotopic (exact) mass is 774 g/mol. The second kappa shape index (κ2) is 16.2. The van der Waals surface area contributed by atoms with Crippen LogP contribution >= 0.6 is 0 Å². The largest absolute Gasteiger partial charge is 0.459 e. The van der Waals surface area contributed by atoms with Crippen LogP contribution in [0.5, 0.6) is 0 Å². The summed E-state index contributed by atoms with van der Waals surface area (Å²) in [5.74, 6) is 1.44. The molecule has 0 saturated carbocycles. The summed E-state index contributed by atoms with van der Waals surface area (Å²) in [6.07, 6.45) is 0.523. The van der Waals surface area contributed by atoms with Crippen LogP contribution in [0.4, 0.5) is 34.1 Å². The van der Waals surface area contributed by atoms with Crippen molar-refractivity contribution < 1.29 is 9.53 Å². The van der Waals surface area contributed by atoms with Crippen LogP contribution in [0.3, 0.4) is 0 Å². The van der Waals surface area contributed by atoms with E-state index in [0.29, 0.717) is 35.1 Å². The number of esters is 1. The number of ether oxygens (including phenoxy) is 1. The molecule has 3 aliphatic rings. The summed E-state index contributed by atoms with van der Waals surface area (Å²) in [6, 6.07) is 56.7. The van der Waals surface area contributed by atoms with Gasteiger partial charge in [-0.25, -0.2) is 9.69 Å². The van der Waals surface area contributed by atoms with Crippen LogP contribution < -0.4 is 14.7 Å². The summed E-state index contributed by atoms with van der Waals surface area (Å²) < 4.78 is 5.61. The first-order valence-corrected chi connectivity index (χ1v) is 19.3. The Labute approximate surface area is 341 Å². The lowest BCUT2D eigenvalue weighted by molar-refractivity contribution is 0.0334. The lowest BCUT2D eigenvalue weighted by Gasteiger charge is -2.36. The van der Waals surface area contributed by atoms with Gasteiger partial charge < -0.3 is 4.74 Å². The number of para-hydroxylation sites is 5. The van der Waals surface area contributed by atoms with Gasteiger partial charge in [0.05, 0.1) is 11.7 Å². The number of guanidine groups is 6. The molecule has 0 N–H and O–H groups in total. The molecule has 12 nitrogen and oxygen atoms in total. The average molecular weight is 775 g/mol. The zero-order chi connectivity index (χ0) is 40.1. The standard InChI is InChI=1S/C47H38N10O2/c1-3-33(2)59-41(58)34-29-31-40(32-30-34)56(39-27-17-8-18-28-39)44-52-46-50-42(54(35-19-9-4-10-20-35)36-21-11-5-12-22-36)48-45-49-43(51-47(53-44)57(45)46)55(37-23-13-6-14-24-37)38-25-15-7-16-26-38/h4-33H,3H2,1-2H3. The van der Waals surface area contributed by atoms with Gasteiger partial charge in [-0.15, -0.1) is 0 Å². The molecule has 59 heavy (non-hydrogen) atoms. The Hall–Kier alpha value is -7.99. The van der Waals surface area contributed by atoms with Gasteiger partial charge >= 0.3 is 5.97 Å². The molecule has 0 amide bonds. The van der Waals surface area contributed by atoms with Crippen LogP contribution in [-0.2, 0) is 4.74 Å². The van der Waals surface area contributed by atoms with Gasteiger partial charge in [0.2, 0.25) is 35.8 Å². The SMILES string of the molecule is CCC(C)OC(=O)c1ccc(N(C2=NC3=NC(N(c4ccccc4)c4ccccc4)=NC4=NC(N(c5ccccc5)c5ccccc5)=NC(=N2)N43)c2ccccc2)cc1. The Morgan fingerprint density at radius 2 is 0.746 bits per heavy atom. The third kappa shape index (κ3) is 7.50. The van der Waals surface area contributed by atoms with E-state index in [0.717, 1.165) is 34.9 Å². The van der Waals surface area contributed by atoms with E-state index in [1.807, 2.05) is 192 Å². The number of benzene rings is 6. The van der Waals surface area contributed by atoms with Crippen LogP contribution in [0.1, 0.15) is 30.6 Å². The van der Waals surface area contributed by atoms with E-state index in [-0.39, 0.29) is 24.0 Å². The number of aliphatic imine (C=N–C) groups is 6. The van der Waals surface area contributed by atoms with Gasteiger partial charge in [-0.05, 0) is 98.3 Å². The average Bonchev–Trinajstić information content (AvgIpc) is 3.28. The predicted octanol–water partition coefficient (Wildman–Crippen LogP) is 9.94. The van der Waals surface area contributed by atoms with Gasteiger partial charge in [-0.2, -0.15) is 30.0 Å². The maximum atomic E-state index is 13.0. The van der Waals surface area contributed by atoms with Gasteiger partial charge in [0.1, 0.15) is 0 Å². The quantitative estimate of drug-likeness (QED) is 0.135. The van der Waals surface area contributed by atoms with Crippen molar-refractivity contribution in [3.63, 3.8) is 0 Å². The molecule has 6 aromatic rings. The highest BCUT2D eigenvalue weighted by Crippen LogP contribution is 2.33. The highest BCUT2D eigenvalue weighted by atomic mass is 16.5. The van der Waals surface area contributed by atoms with Crippen molar-refractivity contribution in [1.82, 2.24) is 4.90 Å². The molecule has 288 valence electrons. The first kappa shape index (κ1) is 36.6. The summed E-state index contributed by atoms with van der Waals surface area (Å²) in [7, 11) is 0. The van der Waals surface area contributed by atoms with Crippen molar-refractivity contribution >= 4 is 75.9 Å². The third-order valence-electron chi connectivity index (χ3n) is 9.72. The van der Waals surface area contributed by atoms with Gasteiger partial charge in [-0.1, -0.05) is 97.9 Å². The first-order chi connectivity index (χ1) is 29.0. The minimum Gasteiger partial charge on any atom is -0.459 e. The molecule has 0 fully saturated rings. The van der Waals surface area contributed by atoms with Crippen LogP contribution in [-0.4, -0.2) is 52.7 Å². The first-order valence-electron chi connectivity index (χ1n) is 19.3. The molecule has 0 aromatic heterocycles. The lowest BCUT2D eigenvalue weighted by atomic mass is 10.1. The van der Waals surface area contributed by atoms with Crippen molar-refractivity contribution in [3.05, 3.63) is 181 Å². The number of anilines is 6. The number of hydrogen-bond donors (Lipinski definition) is 0. The topological polar surface area (TPSA) is 113 Å². The molecule has 0 spiro atoms. The predicted molar refractivity (Wildman–Crippen MR) is 237 cm³/mol. The molecule has 12 heteroatoms. The number of rotatable bonds is 9. The minimum atomic E-state index is -0.384. The maximum absolute atomic E-state index is 13.0. The number of nitrogens with zero attached hydrogens (tertiary/aromatic N) is 10. The van der Waals surface area contributed by atoms with Crippen molar-refractivity contribution in [2.75, 3.05) is 14.7 Å². The molecular formula is C47H38N10O2. The molecular weight excluding hydrogens is 737 g/mol. The Bertz CT molecular complexity index is 2490. The summed E-state index contributed by atoms with van der Waals surface area (Å²) >= 11 is 0. The van der Waals surface area contributed by atoms with Gasteiger partial charge in [0.25, 0.3) is 0 Å². The highest BCUT2D eigenvalue weighted by Gasteiger charge is 2.39. The summed E-state index contributed by atoms with van der Waals surface area (Å²) in [4.78, 5) is 51.2. The third-order valence-corrected chi connectivity index (χ3v) is 9.72. The summed E-state index contributed by atoms with van der Waals surface area (Å²) in [6.45, 7) is 3.86. The fraction of sp³-hybridized carbons (Fsp3) is 0.0851. The van der Waals surface area contributed by atoms with Crippen molar-refractivity contribution in [1.29, 1.82) is 0 Å². The van der Waals surface area contributed by atoms with E-state index >= 15 is 0 Å². The van der Waals surface area contributed by atoms with Gasteiger partial charge in [-0.3, -0.25) is 14.7 Å². The van der Waals surface area contributed by atoms with E-state index in [9.17, 15) is 4.79 Å². The lowest BCUT2D eigenvalue weighted by Crippen LogP contribution is -2.51. The van der Waals surface area contributed by atoms with Crippen LogP contribution in [0.2, 0.25) is 0 Å². The second-order valence-corrected chi connectivity index (χ2v) is 13.7. The summed E-state index contributed by atoms with van der Waals surface area (Å²) in [5.41, 5.74) is 5.32. The molecule has 6 aromatic carbocycles. The number of carbonyl (C=O) groups is 1. The zero-order valence-electron chi connectivity index (χ0n) is 32.3. The van der Waals surface area contributed by atoms with Crippen LogP contribution in [0.25, 0.3) is 0 Å². The fourth-order valence-electron chi connectivity index (χ4n) is 6.66. The molecule has 0 saturated heterocycles. The van der Waals surface area contributed by atoms with E-state index in [1.54, 1.807) is 17.0 Å². The van der Waals surface area contributed by atoms with Crippen molar-refractivity contribution in [2.45, 2.75) is 26.4 Å². The fourth-order valence-corrected chi connectivity index (χ4v) is 6.66. The molecule has 0 bridgehead atoms. The Morgan fingerprint density at radius 3 is 1.03 bits per heavy atom. The molecule has 1 atom stereocenters. The summed E-state index contributed by atoms with van der Waals surface area (Å²) in [5, 5.41) is 0. The maximum Gasteiger partial charge on any atom is 0.338 e. The Morgan fingerprint density at radius 1 is 0.458 bits per heavy atom. The number of hydrogen-bond acceptors (Lipinski definition) is 12. The van der Waals surface area contributed by atoms with Gasteiger partial charge in [0.15, 0.2) is 0 Å². The molecule has 9 rings (SSSR count). The zero-order valence-corrected chi connectivity index (χ0v) is 32.3. The molecule has 1 unspecified atom stereocenters. The molecule has 3 aliphatic heterocycles. The smallest absolute Gasteiger partial charge is 0.338 e. The van der Waals surface area contributed by atoms with Crippen molar-refractivity contribution in [3.8, 4) is 0 Å². The van der Waals surface area contributed by atoms with Crippen LogP contribution in [0, 0.1) is 0 Å². The van der Waals surface area contributed by atoms with Crippen LogP contribution in [0.15, 0.2) is 206 Å².